The molecule has 0 aliphatic carbocycles. The maximum atomic E-state index is 9.56. The summed E-state index contributed by atoms with van der Waals surface area (Å²) in [7, 11) is 0. The average molecular weight is 211 g/mol. The molecule has 0 aliphatic heterocycles. The Hall–Kier alpha value is -0.870. The maximum absolute atomic E-state index is 9.56. The van der Waals surface area contributed by atoms with E-state index in [0.29, 0.717) is 0 Å². The van der Waals surface area contributed by atoms with E-state index in [-0.39, 0.29) is 11.6 Å². The van der Waals surface area contributed by atoms with Crippen LogP contribution in [0.1, 0.15) is 37.7 Å². The highest BCUT2D eigenvalue weighted by atomic mass is 16.3. The molecular weight excluding hydrogens is 190 g/mol. The first-order valence-corrected chi connectivity index (χ1v) is 5.28. The van der Waals surface area contributed by atoms with E-state index in [4.69, 9.17) is 0 Å². The average Bonchev–Trinajstić information content (AvgIpc) is 2.43. The molecule has 0 fully saturated rings. The number of aryl methyl sites for hydroxylation is 2. The summed E-state index contributed by atoms with van der Waals surface area (Å²) in [5.74, 6) is 0. The van der Waals surface area contributed by atoms with Crippen LogP contribution in [0.3, 0.4) is 0 Å². The molecule has 1 rings (SSSR count). The van der Waals surface area contributed by atoms with E-state index < -0.39 is 0 Å². The zero-order valence-corrected chi connectivity index (χ0v) is 10.2. The number of H-pyrrole nitrogens is 1. The molecule has 0 aliphatic rings. The minimum atomic E-state index is -0.384. The number of rotatable bonds is 4. The first-order valence-electron chi connectivity index (χ1n) is 5.28. The lowest BCUT2D eigenvalue weighted by Crippen LogP contribution is -2.47. The van der Waals surface area contributed by atoms with Gasteiger partial charge in [-0.15, -0.1) is 0 Å². The van der Waals surface area contributed by atoms with Gasteiger partial charge in [0.05, 0.1) is 11.8 Å². The van der Waals surface area contributed by atoms with Gasteiger partial charge in [0.25, 0.3) is 0 Å². The highest BCUT2D eigenvalue weighted by molar-refractivity contribution is 5.23. The number of nitrogens with zero attached hydrogens (tertiary/aromatic N) is 1. The molecule has 0 saturated carbocycles. The molecule has 86 valence electrons. The van der Waals surface area contributed by atoms with Crippen LogP contribution in [-0.2, 0) is 6.54 Å². The third-order valence-electron chi connectivity index (χ3n) is 3.05. The van der Waals surface area contributed by atoms with Crippen molar-refractivity contribution in [1.29, 1.82) is 0 Å². The smallest absolute Gasteiger partial charge is 0.0688 e. The molecular formula is C11H21N3O. The van der Waals surface area contributed by atoms with Crippen molar-refractivity contribution in [1.82, 2.24) is 15.5 Å². The van der Waals surface area contributed by atoms with Gasteiger partial charge < -0.3 is 10.4 Å². The number of aliphatic hydroxyl groups is 1. The fourth-order valence-electron chi connectivity index (χ4n) is 1.30. The molecule has 1 unspecified atom stereocenters. The van der Waals surface area contributed by atoms with Gasteiger partial charge in [0.2, 0.25) is 0 Å². The minimum Gasteiger partial charge on any atom is -0.392 e. The van der Waals surface area contributed by atoms with Crippen LogP contribution in [0, 0.1) is 13.8 Å². The largest absolute Gasteiger partial charge is 0.392 e. The Labute approximate surface area is 91.1 Å². The molecule has 4 heteroatoms. The number of nitrogens with one attached hydrogen (secondary N) is 2. The molecule has 0 aromatic carbocycles. The van der Waals surface area contributed by atoms with Gasteiger partial charge in [-0.2, -0.15) is 5.10 Å². The van der Waals surface area contributed by atoms with E-state index in [0.717, 1.165) is 17.9 Å². The van der Waals surface area contributed by atoms with E-state index in [1.807, 2.05) is 27.7 Å². The Morgan fingerprint density at radius 2 is 2.07 bits per heavy atom. The summed E-state index contributed by atoms with van der Waals surface area (Å²) >= 11 is 0. The Kier molecular flexibility index (Phi) is 3.52. The molecule has 1 aromatic heterocycles. The predicted octanol–water partition coefficient (Wildman–Crippen LogP) is 1.28. The third kappa shape index (κ3) is 2.79. The number of hydrogen-bond acceptors (Lipinski definition) is 3. The van der Waals surface area contributed by atoms with Crippen molar-refractivity contribution in [3.8, 4) is 0 Å². The van der Waals surface area contributed by atoms with Gasteiger partial charge in [0, 0.05) is 23.3 Å². The minimum absolute atomic E-state index is 0.282. The maximum Gasteiger partial charge on any atom is 0.0688 e. The Morgan fingerprint density at radius 1 is 1.47 bits per heavy atom. The molecule has 0 bridgehead atoms. The van der Waals surface area contributed by atoms with Gasteiger partial charge in [0.1, 0.15) is 0 Å². The molecule has 0 amide bonds. The summed E-state index contributed by atoms with van der Waals surface area (Å²) in [5, 5.41) is 20.0. The van der Waals surface area contributed by atoms with Crippen molar-refractivity contribution < 1.29 is 5.11 Å². The van der Waals surface area contributed by atoms with Crippen LogP contribution in [0.2, 0.25) is 0 Å². The van der Waals surface area contributed by atoms with Gasteiger partial charge in [-0.1, -0.05) is 0 Å². The highest BCUT2D eigenvalue weighted by Gasteiger charge is 2.23. The number of aromatic amines is 1. The monoisotopic (exact) mass is 211 g/mol. The van der Waals surface area contributed by atoms with Crippen molar-refractivity contribution in [2.45, 2.75) is 52.8 Å². The van der Waals surface area contributed by atoms with Gasteiger partial charge in [-0.25, -0.2) is 0 Å². The third-order valence-corrected chi connectivity index (χ3v) is 3.05. The first kappa shape index (κ1) is 12.2. The Morgan fingerprint density at radius 3 is 2.47 bits per heavy atom. The second kappa shape index (κ2) is 4.33. The summed E-state index contributed by atoms with van der Waals surface area (Å²) in [4.78, 5) is 0. The molecule has 1 heterocycles. The summed E-state index contributed by atoms with van der Waals surface area (Å²) in [6.07, 6.45) is -0.384. The number of aromatic nitrogens is 2. The first-order chi connectivity index (χ1) is 6.84. The molecule has 1 atom stereocenters. The van der Waals surface area contributed by atoms with E-state index in [1.165, 1.54) is 5.56 Å². The van der Waals surface area contributed by atoms with Crippen molar-refractivity contribution >= 4 is 0 Å². The number of hydrogen-bond donors (Lipinski definition) is 3. The lowest BCUT2D eigenvalue weighted by Gasteiger charge is -2.29. The lowest BCUT2D eigenvalue weighted by molar-refractivity contribution is 0.0956. The fourth-order valence-corrected chi connectivity index (χ4v) is 1.30. The van der Waals surface area contributed by atoms with Crippen LogP contribution < -0.4 is 5.32 Å². The Bertz CT molecular complexity index is 309. The topological polar surface area (TPSA) is 60.9 Å². The van der Waals surface area contributed by atoms with Crippen LogP contribution in [0.5, 0.6) is 0 Å². The fraction of sp³-hybridized carbons (Fsp3) is 0.727. The highest BCUT2D eigenvalue weighted by Crippen LogP contribution is 2.13. The van der Waals surface area contributed by atoms with E-state index in [9.17, 15) is 5.11 Å². The number of aliphatic hydroxyl groups excluding tert-OH is 1. The van der Waals surface area contributed by atoms with Crippen molar-refractivity contribution in [3.63, 3.8) is 0 Å². The van der Waals surface area contributed by atoms with Crippen LogP contribution in [0.15, 0.2) is 0 Å². The molecule has 0 radical (unpaired) electrons. The van der Waals surface area contributed by atoms with Gasteiger partial charge in [-0.05, 0) is 34.6 Å². The van der Waals surface area contributed by atoms with Crippen LogP contribution in [0.4, 0.5) is 0 Å². The van der Waals surface area contributed by atoms with Crippen molar-refractivity contribution in [2.24, 2.45) is 0 Å². The molecule has 4 nitrogen and oxygen atoms in total. The zero-order valence-electron chi connectivity index (χ0n) is 10.2. The Balaban J connectivity index is 2.65. The molecule has 15 heavy (non-hydrogen) atoms. The van der Waals surface area contributed by atoms with Crippen molar-refractivity contribution in [3.05, 3.63) is 17.0 Å². The summed E-state index contributed by atoms with van der Waals surface area (Å²) in [6, 6.07) is 0. The zero-order chi connectivity index (χ0) is 11.6. The predicted molar refractivity (Wildman–Crippen MR) is 60.7 cm³/mol. The van der Waals surface area contributed by atoms with Gasteiger partial charge in [-0.3, -0.25) is 5.10 Å². The quantitative estimate of drug-likeness (QED) is 0.703. The summed E-state index contributed by atoms with van der Waals surface area (Å²) in [5.41, 5.74) is 3.00. The summed E-state index contributed by atoms with van der Waals surface area (Å²) in [6.45, 7) is 10.5. The molecule has 0 spiro atoms. The second-order valence-electron chi connectivity index (χ2n) is 4.66. The SMILES string of the molecule is Cc1n[nH]c(C)c1CNC(C)(C)C(C)O. The normalized spacial score (nSPS) is 14.3. The molecule has 0 saturated heterocycles. The molecule has 1 aromatic rings. The van der Waals surface area contributed by atoms with Gasteiger partial charge >= 0.3 is 0 Å². The van der Waals surface area contributed by atoms with Crippen LogP contribution in [0.25, 0.3) is 0 Å². The van der Waals surface area contributed by atoms with Crippen molar-refractivity contribution in [2.75, 3.05) is 0 Å². The van der Waals surface area contributed by atoms with Crippen LogP contribution >= 0.6 is 0 Å². The van der Waals surface area contributed by atoms with Crippen LogP contribution in [-0.4, -0.2) is 26.9 Å². The van der Waals surface area contributed by atoms with E-state index in [1.54, 1.807) is 6.92 Å². The molecule has 3 N–H and O–H groups in total. The standard InChI is InChI=1S/C11H21N3O/c1-7-10(8(2)14-13-7)6-12-11(4,5)9(3)15/h9,12,15H,6H2,1-5H3,(H,13,14). The van der Waals surface area contributed by atoms with Gasteiger partial charge in [0.15, 0.2) is 0 Å². The summed E-state index contributed by atoms with van der Waals surface area (Å²) < 4.78 is 0. The van der Waals surface area contributed by atoms with E-state index in [2.05, 4.69) is 15.5 Å². The lowest BCUT2D eigenvalue weighted by atomic mass is 9.98. The second-order valence-corrected chi connectivity index (χ2v) is 4.66. The van der Waals surface area contributed by atoms with E-state index >= 15 is 0 Å².